The average molecular weight is 319 g/mol. The second-order valence-corrected chi connectivity index (χ2v) is 5.49. The van der Waals surface area contributed by atoms with Crippen LogP contribution >= 0.6 is 11.6 Å². The lowest BCUT2D eigenvalue weighted by Gasteiger charge is -2.17. The molecular formula is C13H19ClN2O5. The summed E-state index contributed by atoms with van der Waals surface area (Å²) in [6, 6.07) is 0. The van der Waals surface area contributed by atoms with Gasteiger partial charge in [0.2, 0.25) is 0 Å². The summed E-state index contributed by atoms with van der Waals surface area (Å²) in [4.78, 5) is 24.4. The summed E-state index contributed by atoms with van der Waals surface area (Å²) in [6.45, 7) is 1.53. The van der Waals surface area contributed by atoms with E-state index < -0.39 is 24.1 Å². The van der Waals surface area contributed by atoms with Crippen molar-refractivity contribution in [1.29, 1.82) is 0 Å². The fraction of sp³-hybridized carbons (Fsp3) is 0.692. The van der Waals surface area contributed by atoms with Gasteiger partial charge in [0.1, 0.15) is 12.3 Å². The third kappa shape index (κ3) is 3.21. The Morgan fingerprint density at radius 2 is 2.19 bits per heavy atom. The number of hydrogen-bond acceptors (Lipinski definition) is 5. The molecule has 0 aromatic carbocycles. The van der Waals surface area contributed by atoms with Gasteiger partial charge < -0.3 is 14.9 Å². The molecule has 0 aliphatic carbocycles. The van der Waals surface area contributed by atoms with E-state index in [1.165, 1.54) is 10.8 Å². The van der Waals surface area contributed by atoms with E-state index in [4.69, 9.17) is 21.4 Å². The van der Waals surface area contributed by atoms with Crippen LogP contribution < -0.4 is 11.2 Å². The molecular weight excluding hydrogens is 300 g/mol. The number of ether oxygens (including phenoxy) is 1. The number of rotatable bonds is 5. The van der Waals surface area contributed by atoms with Gasteiger partial charge in [0.05, 0.1) is 12.7 Å². The molecule has 1 saturated heterocycles. The summed E-state index contributed by atoms with van der Waals surface area (Å²) >= 11 is 5.61. The van der Waals surface area contributed by atoms with Crippen molar-refractivity contribution in [1.82, 2.24) is 9.13 Å². The topological polar surface area (TPSA) is 93.7 Å². The van der Waals surface area contributed by atoms with Gasteiger partial charge in [-0.3, -0.25) is 13.9 Å². The zero-order chi connectivity index (χ0) is 15.6. The quantitative estimate of drug-likeness (QED) is 0.720. The molecule has 0 unspecified atom stereocenters. The van der Waals surface area contributed by atoms with E-state index in [0.717, 1.165) is 4.57 Å². The predicted octanol–water partition coefficient (Wildman–Crippen LogP) is -0.412. The van der Waals surface area contributed by atoms with Crippen LogP contribution in [0.2, 0.25) is 0 Å². The lowest BCUT2D eigenvalue weighted by Crippen LogP contribution is -2.42. The van der Waals surface area contributed by atoms with Crippen LogP contribution in [0.25, 0.3) is 0 Å². The molecule has 8 heteroatoms. The summed E-state index contributed by atoms with van der Waals surface area (Å²) in [5, 5.41) is 18.9. The lowest BCUT2D eigenvalue weighted by molar-refractivity contribution is -0.0463. The van der Waals surface area contributed by atoms with Crippen molar-refractivity contribution in [3.63, 3.8) is 0 Å². The molecule has 3 atom stereocenters. The Balaban J connectivity index is 2.39. The average Bonchev–Trinajstić information content (AvgIpc) is 2.84. The van der Waals surface area contributed by atoms with Gasteiger partial charge in [0.25, 0.3) is 5.56 Å². The number of aliphatic hydroxyl groups is 2. The second kappa shape index (κ2) is 6.74. The first-order valence-electron chi connectivity index (χ1n) is 6.82. The van der Waals surface area contributed by atoms with Crippen LogP contribution in [0.3, 0.4) is 0 Å². The molecule has 0 amide bonds. The molecule has 1 aromatic rings. The van der Waals surface area contributed by atoms with Gasteiger partial charge in [-0.05, 0) is 13.3 Å². The van der Waals surface area contributed by atoms with Gasteiger partial charge in [0.15, 0.2) is 0 Å². The SMILES string of the molecule is Cc1cn([C@H]2C[C@H](O)[C@@H](CO)O2)c(=O)n(CCCCl)c1=O. The highest BCUT2D eigenvalue weighted by atomic mass is 35.5. The number of aliphatic hydroxyl groups excluding tert-OH is 2. The van der Waals surface area contributed by atoms with Gasteiger partial charge >= 0.3 is 5.69 Å². The van der Waals surface area contributed by atoms with Crippen molar-refractivity contribution in [3.05, 3.63) is 32.6 Å². The molecule has 2 N–H and O–H groups in total. The third-order valence-electron chi connectivity index (χ3n) is 3.58. The maximum atomic E-state index is 12.4. The van der Waals surface area contributed by atoms with Gasteiger partial charge in [-0.2, -0.15) is 0 Å². The molecule has 0 spiro atoms. The van der Waals surface area contributed by atoms with Crippen LogP contribution in [-0.2, 0) is 11.3 Å². The number of aromatic nitrogens is 2. The van der Waals surface area contributed by atoms with Gasteiger partial charge in [-0.1, -0.05) is 0 Å². The van der Waals surface area contributed by atoms with Crippen molar-refractivity contribution in [2.45, 2.75) is 44.7 Å². The molecule has 1 aromatic heterocycles. The van der Waals surface area contributed by atoms with Crippen LogP contribution in [-0.4, -0.2) is 44.0 Å². The first kappa shape index (κ1) is 16.2. The van der Waals surface area contributed by atoms with Crippen LogP contribution in [0.5, 0.6) is 0 Å². The first-order valence-corrected chi connectivity index (χ1v) is 7.36. The second-order valence-electron chi connectivity index (χ2n) is 5.12. The summed E-state index contributed by atoms with van der Waals surface area (Å²) < 4.78 is 7.89. The number of aryl methyl sites for hydroxylation is 1. The molecule has 0 saturated carbocycles. The fourth-order valence-electron chi connectivity index (χ4n) is 2.43. The minimum atomic E-state index is -0.838. The molecule has 1 aliphatic heterocycles. The molecule has 0 radical (unpaired) electrons. The van der Waals surface area contributed by atoms with Crippen LogP contribution in [0, 0.1) is 6.92 Å². The highest BCUT2D eigenvalue weighted by molar-refractivity contribution is 6.17. The first-order chi connectivity index (χ1) is 9.99. The van der Waals surface area contributed by atoms with Crippen molar-refractivity contribution in [3.8, 4) is 0 Å². The van der Waals surface area contributed by atoms with E-state index in [0.29, 0.717) is 17.9 Å². The Labute approximate surface area is 126 Å². The molecule has 0 bridgehead atoms. The van der Waals surface area contributed by atoms with E-state index in [2.05, 4.69) is 0 Å². The molecule has 1 fully saturated rings. The van der Waals surface area contributed by atoms with Crippen molar-refractivity contribution in [2.24, 2.45) is 0 Å². The highest BCUT2D eigenvalue weighted by Gasteiger charge is 2.35. The van der Waals surface area contributed by atoms with Gasteiger partial charge in [-0.25, -0.2) is 4.79 Å². The van der Waals surface area contributed by atoms with E-state index in [1.807, 2.05) is 0 Å². The fourth-order valence-corrected chi connectivity index (χ4v) is 2.55. The van der Waals surface area contributed by atoms with Gasteiger partial charge in [-0.15, -0.1) is 11.6 Å². The van der Waals surface area contributed by atoms with E-state index >= 15 is 0 Å². The lowest BCUT2D eigenvalue weighted by atomic mass is 10.2. The smallest absolute Gasteiger partial charge is 0.333 e. The Morgan fingerprint density at radius 3 is 2.76 bits per heavy atom. The third-order valence-corrected chi connectivity index (χ3v) is 3.84. The standard InChI is InChI=1S/C13H19ClN2O5/c1-8-6-16(11-5-9(18)10(7-17)21-11)13(20)15(12(8)19)4-2-3-14/h6,9-11,17-18H,2-5,7H2,1H3/t9-,10+,11+/m0/s1. The zero-order valence-corrected chi connectivity index (χ0v) is 12.5. The number of nitrogens with zero attached hydrogens (tertiary/aromatic N) is 2. The zero-order valence-electron chi connectivity index (χ0n) is 11.7. The van der Waals surface area contributed by atoms with Crippen LogP contribution in [0.4, 0.5) is 0 Å². The maximum Gasteiger partial charge on any atom is 0.333 e. The minimum Gasteiger partial charge on any atom is -0.394 e. The molecule has 7 nitrogen and oxygen atoms in total. The van der Waals surface area contributed by atoms with E-state index in [9.17, 15) is 14.7 Å². The van der Waals surface area contributed by atoms with E-state index in [-0.39, 0.29) is 25.1 Å². The highest BCUT2D eigenvalue weighted by Crippen LogP contribution is 2.27. The number of halogens is 1. The Hall–Kier alpha value is -1.15. The summed E-state index contributed by atoms with van der Waals surface area (Å²) in [5.41, 5.74) is -0.431. The monoisotopic (exact) mass is 318 g/mol. The Bertz CT molecular complexity index is 612. The summed E-state index contributed by atoms with van der Waals surface area (Å²) in [5.74, 6) is 0.352. The van der Waals surface area contributed by atoms with Crippen LogP contribution in [0.15, 0.2) is 15.8 Å². The van der Waals surface area contributed by atoms with Crippen molar-refractivity contribution in [2.75, 3.05) is 12.5 Å². The van der Waals surface area contributed by atoms with Crippen molar-refractivity contribution >= 4 is 11.6 Å². The maximum absolute atomic E-state index is 12.4. The molecule has 2 rings (SSSR count). The van der Waals surface area contributed by atoms with E-state index in [1.54, 1.807) is 6.92 Å². The Kier molecular flexibility index (Phi) is 5.21. The summed E-state index contributed by atoms with van der Waals surface area (Å²) in [7, 11) is 0. The normalized spacial score (nSPS) is 25.4. The predicted molar refractivity (Wildman–Crippen MR) is 76.7 cm³/mol. The van der Waals surface area contributed by atoms with Crippen LogP contribution in [0.1, 0.15) is 24.6 Å². The molecule has 1 aliphatic rings. The largest absolute Gasteiger partial charge is 0.394 e. The number of alkyl halides is 1. The van der Waals surface area contributed by atoms with Gasteiger partial charge in [0, 0.05) is 30.6 Å². The van der Waals surface area contributed by atoms with Crippen molar-refractivity contribution < 1.29 is 14.9 Å². The molecule has 118 valence electrons. The minimum absolute atomic E-state index is 0.193. The molecule has 21 heavy (non-hydrogen) atoms. The Morgan fingerprint density at radius 1 is 1.48 bits per heavy atom. The summed E-state index contributed by atoms with van der Waals surface area (Å²) in [6.07, 6.45) is -0.114. The molecule has 2 heterocycles. The number of hydrogen-bond donors (Lipinski definition) is 2.